The van der Waals surface area contributed by atoms with E-state index in [0.29, 0.717) is 37.8 Å². The molecule has 58 heavy (non-hydrogen) atoms. The lowest BCUT2D eigenvalue weighted by atomic mass is 10.1. The number of piperidine rings is 1. The van der Waals surface area contributed by atoms with Crippen LogP contribution in [0.4, 0.5) is 11.6 Å². The van der Waals surface area contributed by atoms with Gasteiger partial charge in [-0.05, 0) is 74.5 Å². The van der Waals surface area contributed by atoms with Crippen LogP contribution in [0.3, 0.4) is 0 Å². The van der Waals surface area contributed by atoms with Crippen molar-refractivity contribution in [2.24, 2.45) is 0 Å². The fraction of sp³-hybridized carbons (Fsp3) is 0.349. The van der Waals surface area contributed by atoms with Crippen LogP contribution in [-0.2, 0) is 4.74 Å². The minimum Gasteiger partial charge on any atom is -0.454 e. The van der Waals surface area contributed by atoms with Gasteiger partial charge in [0, 0.05) is 50.0 Å². The molecule has 2 fully saturated rings. The Morgan fingerprint density at radius 3 is 1.57 bits per heavy atom. The van der Waals surface area contributed by atoms with E-state index in [0.717, 1.165) is 95.5 Å². The summed E-state index contributed by atoms with van der Waals surface area (Å²) >= 11 is 0. The number of fused-ring (bicyclic) bond motifs is 4. The van der Waals surface area contributed by atoms with E-state index in [-0.39, 0.29) is 0 Å². The van der Waals surface area contributed by atoms with Crippen molar-refractivity contribution in [1.82, 2.24) is 39.0 Å². The average molecular weight is 785 g/mol. The molecular formula is C43H48N10O5. The molecule has 0 bridgehead atoms. The molecule has 2 atom stereocenters. The lowest BCUT2D eigenvalue weighted by Gasteiger charge is -2.28. The molecule has 300 valence electrons. The molecule has 8 heterocycles. The molecule has 0 spiro atoms. The maximum Gasteiger partial charge on any atom is 0.155 e. The molecule has 0 saturated carbocycles. The number of para-hydroxylation sites is 2. The minimum absolute atomic E-state index is 0.421. The van der Waals surface area contributed by atoms with Crippen molar-refractivity contribution in [3.63, 3.8) is 0 Å². The van der Waals surface area contributed by atoms with Crippen molar-refractivity contribution in [1.29, 1.82) is 0 Å². The first-order valence-corrected chi connectivity index (χ1v) is 20.1. The van der Waals surface area contributed by atoms with E-state index in [1.165, 1.54) is 19.3 Å². The number of likely N-dealkylation sites (tertiary alicyclic amines) is 1. The number of ether oxygens (including phenoxy) is 1. The Kier molecular flexibility index (Phi) is 11.3. The molecule has 2 unspecified atom stereocenters. The number of imidazole rings is 2. The molecule has 8 aromatic rings. The quantitative estimate of drug-likeness (QED) is 0.120. The maximum absolute atomic E-state index is 10.4. The van der Waals surface area contributed by atoms with Gasteiger partial charge >= 0.3 is 0 Å². The van der Waals surface area contributed by atoms with Crippen LogP contribution >= 0.6 is 0 Å². The second-order valence-electron chi connectivity index (χ2n) is 14.9. The number of β-amino-alcohol motifs (C(OH)–C–C–N with tert-alkyl or cyclic N) is 2. The van der Waals surface area contributed by atoms with E-state index >= 15 is 0 Å². The molecular weight excluding hydrogens is 737 g/mol. The molecule has 15 heteroatoms. The van der Waals surface area contributed by atoms with Gasteiger partial charge in [0.15, 0.2) is 22.8 Å². The summed E-state index contributed by atoms with van der Waals surface area (Å²) in [6.07, 6.45) is 6.37. The summed E-state index contributed by atoms with van der Waals surface area (Å²) in [4.78, 5) is 13.4. The van der Waals surface area contributed by atoms with Gasteiger partial charge in [-0.3, -0.25) is 4.90 Å². The van der Waals surface area contributed by atoms with E-state index in [1.807, 2.05) is 84.9 Å². The highest BCUT2D eigenvalue weighted by Crippen LogP contribution is 2.29. The Bertz CT molecular complexity index is 2340. The van der Waals surface area contributed by atoms with E-state index in [9.17, 15) is 10.2 Å². The number of aromatic nitrogens is 6. The normalized spacial score (nSPS) is 16.4. The highest BCUT2D eigenvalue weighted by molar-refractivity contribution is 5.83. The van der Waals surface area contributed by atoms with Crippen molar-refractivity contribution < 1.29 is 23.8 Å². The summed E-state index contributed by atoms with van der Waals surface area (Å²) < 4.78 is 20.8. The SMILES string of the molecule is OC(CNc1ccc2ncc(-c3cc4ccccc4o3)n2n1)CN1CCCCC1.OC(CNc1ccc2ncc(-c3cc4ccccc4o3)n2n1)CN1CCOCC1. The van der Waals surface area contributed by atoms with E-state index < -0.39 is 12.2 Å². The standard InChI is InChI=1S/C22H25N5O2.C21H23N5O3/c28-17(15-26-10-4-1-5-11-26)13-23-21-8-9-22-24-14-18(27(22)25-21)20-12-16-6-2-3-7-19(16)29-20;27-16(14-25-7-9-28-10-8-25)12-22-20-5-6-21-23-13-17(26(21)24-20)19-11-15-3-1-2-4-18(15)29-19/h2-3,6-9,12,14,17,28H,1,4-5,10-11,13,15H2,(H,23,25);1-6,11,13,16,27H,7-10,12,14H2,(H,22,24). The Labute approximate surface area is 334 Å². The average Bonchev–Trinajstić information content (AvgIpc) is 4.07. The Balaban J connectivity index is 0.000000150. The minimum atomic E-state index is -0.483. The van der Waals surface area contributed by atoms with E-state index in [4.69, 9.17) is 13.6 Å². The van der Waals surface area contributed by atoms with Gasteiger partial charge in [-0.1, -0.05) is 42.8 Å². The van der Waals surface area contributed by atoms with Crippen LogP contribution in [0.2, 0.25) is 0 Å². The summed E-state index contributed by atoms with van der Waals surface area (Å²) in [7, 11) is 0. The first-order valence-electron chi connectivity index (χ1n) is 20.1. The zero-order valence-electron chi connectivity index (χ0n) is 32.3. The third kappa shape index (κ3) is 8.68. The van der Waals surface area contributed by atoms with Crippen LogP contribution in [0, 0.1) is 0 Å². The van der Waals surface area contributed by atoms with Crippen molar-refractivity contribution in [3.8, 4) is 22.9 Å². The van der Waals surface area contributed by atoms with Gasteiger partial charge in [-0.2, -0.15) is 0 Å². The van der Waals surface area contributed by atoms with Crippen LogP contribution in [0.5, 0.6) is 0 Å². The largest absolute Gasteiger partial charge is 0.454 e. The predicted octanol–water partition coefficient (Wildman–Crippen LogP) is 5.65. The van der Waals surface area contributed by atoms with Crippen LogP contribution in [0.1, 0.15) is 19.3 Å². The highest BCUT2D eigenvalue weighted by Gasteiger charge is 2.18. The number of benzene rings is 2. The summed E-state index contributed by atoms with van der Waals surface area (Å²) in [5.74, 6) is 2.82. The number of furan rings is 2. The van der Waals surface area contributed by atoms with Crippen molar-refractivity contribution in [2.45, 2.75) is 31.5 Å². The Morgan fingerprint density at radius 2 is 1.07 bits per heavy atom. The van der Waals surface area contributed by atoms with Gasteiger partial charge in [0.25, 0.3) is 0 Å². The van der Waals surface area contributed by atoms with Gasteiger partial charge in [0.05, 0.1) is 37.8 Å². The second kappa shape index (κ2) is 17.3. The number of hydrogen-bond acceptors (Lipinski definition) is 13. The third-order valence-electron chi connectivity index (χ3n) is 10.6. The molecule has 0 aliphatic carbocycles. The Morgan fingerprint density at radius 1 is 0.586 bits per heavy atom. The van der Waals surface area contributed by atoms with Gasteiger partial charge in [0.1, 0.15) is 34.2 Å². The van der Waals surface area contributed by atoms with Gasteiger partial charge in [0.2, 0.25) is 0 Å². The molecule has 0 amide bonds. The van der Waals surface area contributed by atoms with Gasteiger partial charge in [-0.25, -0.2) is 19.0 Å². The topological polar surface area (TPSA) is 167 Å². The fourth-order valence-electron chi connectivity index (χ4n) is 7.58. The fourth-order valence-corrected chi connectivity index (χ4v) is 7.58. The summed E-state index contributed by atoms with van der Waals surface area (Å²) in [6, 6.07) is 27.4. The van der Waals surface area contributed by atoms with Crippen molar-refractivity contribution in [2.75, 3.05) is 76.2 Å². The predicted molar refractivity (Wildman–Crippen MR) is 223 cm³/mol. The van der Waals surface area contributed by atoms with Gasteiger partial charge < -0.3 is 39.3 Å². The zero-order chi connectivity index (χ0) is 39.3. The molecule has 2 aromatic carbocycles. The second-order valence-corrected chi connectivity index (χ2v) is 14.9. The summed E-state index contributed by atoms with van der Waals surface area (Å²) in [5, 5.41) is 38.6. The Hall–Kier alpha value is -5.84. The number of aliphatic hydroxyl groups excluding tert-OH is 2. The highest BCUT2D eigenvalue weighted by atomic mass is 16.5. The van der Waals surface area contributed by atoms with Crippen LogP contribution < -0.4 is 10.6 Å². The lowest BCUT2D eigenvalue weighted by molar-refractivity contribution is 0.0171. The molecule has 2 saturated heterocycles. The summed E-state index contributed by atoms with van der Waals surface area (Å²) in [5.41, 5.74) is 4.74. The van der Waals surface area contributed by atoms with Crippen molar-refractivity contribution >= 4 is 44.9 Å². The van der Waals surface area contributed by atoms with E-state index in [2.05, 4.69) is 40.6 Å². The molecule has 10 rings (SSSR count). The number of rotatable bonds is 12. The summed E-state index contributed by atoms with van der Waals surface area (Å²) in [6.45, 7) is 7.53. The zero-order valence-corrected chi connectivity index (χ0v) is 32.3. The lowest BCUT2D eigenvalue weighted by Crippen LogP contribution is -2.42. The van der Waals surface area contributed by atoms with Crippen molar-refractivity contribution in [3.05, 3.63) is 97.3 Å². The molecule has 4 N–H and O–H groups in total. The first kappa shape index (κ1) is 37.7. The first-order chi connectivity index (χ1) is 28.5. The molecule has 2 aliphatic rings. The number of aliphatic hydroxyl groups is 2. The van der Waals surface area contributed by atoms with Crippen LogP contribution in [0.25, 0.3) is 56.1 Å². The van der Waals surface area contributed by atoms with Crippen LogP contribution in [0.15, 0.2) is 106 Å². The van der Waals surface area contributed by atoms with E-state index in [1.54, 1.807) is 21.4 Å². The molecule has 15 nitrogen and oxygen atoms in total. The monoisotopic (exact) mass is 784 g/mol. The number of anilines is 2. The third-order valence-corrected chi connectivity index (χ3v) is 10.6. The van der Waals surface area contributed by atoms with Crippen LogP contribution in [-0.4, -0.2) is 127 Å². The molecule has 2 aliphatic heterocycles. The number of hydrogen-bond donors (Lipinski definition) is 4. The smallest absolute Gasteiger partial charge is 0.155 e. The molecule has 6 aromatic heterocycles. The van der Waals surface area contributed by atoms with Gasteiger partial charge in [-0.15, -0.1) is 10.2 Å². The molecule has 0 radical (unpaired) electrons. The number of morpholine rings is 1. The maximum atomic E-state index is 10.4. The number of nitrogens with zero attached hydrogens (tertiary/aromatic N) is 8. The number of nitrogens with one attached hydrogen (secondary N) is 2.